The quantitative estimate of drug-likeness (QED) is 0.464. The Hall–Kier alpha value is -2.43. The summed E-state index contributed by atoms with van der Waals surface area (Å²) in [5.74, 6) is -1.27. The van der Waals surface area contributed by atoms with Gasteiger partial charge in [0.25, 0.3) is 5.91 Å². The summed E-state index contributed by atoms with van der Waals surface area (Å²) in [5, 5.41) is 3.29. The molecule has 170 valence electrons. The molecule has 0 aromatic heterocycles. The third-order valence-electron chi connectivity index (χ3n) is 4.45. The highest BCUT2D eigenvalue weighted by Crippen LogP contribution is 2.23. The van der Waals surface area contributed by atoms with E-state index in [1.807, 2.05) is 0 Å². The Morgan fingerprint density at radius 1 is 1.06 bits per heavy atom. The minimum Gasteiger partial charge on any atom is -0.452 e. The highest BCUT2D eigenvalue weighted by molar-refractivity contribution is 7.89. The number of anilines is 1. The summed E-state index contributed by atoms with van der Waals surface area (Å²) in [4.78, 5) is 23.9. The van der Waals surface area contributed by atoms with Gasteiger partial charge in [-0.05, 0) is 48.0 Å². The predicted molar refractivity (Wildman–Crippen MR) is 121 cm³/mol. The number of nitrogens with zero attached hydrogens (tertiary/aromatic N) is 1. The fourth-order valence-electron chi connectivity index (χ4n) is 2.81. The molecule has 32 heavy (non-hydrogen) atoms. The number of rotatable bonds is 7. The minimum absolute atomic E-state index is 0.122. The van der Waals surface area contributed by atoms with Crippen LogP contribution in [0.15, 0.2) is 53.4 Å². The van der Waals surface area contributed by atoms with E-state index < -0.39 is 28.5 Å². The van der Waals surface area contributed by atoms with Crippen LogP contribution in [0.25, 0.3) is 6.08 Å². The molecule has 0 radical (unpaired) electrons. The Morgan fingerprint density at radius 3 is 2.41 bits per heavy atom. The van der Waals surface area contributed by atoms with E-state index in [0.29, 0.717) is 47.6 Å². The molecule has 0 unspecified atom stereocenters. The summed E-state index contributed by atoms with van der Waals surface area (Å²) in [5.41, 5.74) is 1.02. The topological polar surface area (TPSA) is 102 Å². The molecule has 0 bridgehead atoms. The van der Waals surface area contributed by atoms with Crippen LogP contribution >= 0.6 is 23.2 Å². The number of esters is 1. The van der Waals surface area contributed by atoms with Crippen LogP contribution in [-0.2, 0) is 29.1 Å². The first-order valence-electron chi connectivity index (χ1n) is 9.53. The predicted octanol–water partition coefficient (Wildman–Crippen LogP) is 3.21. The minimum atomic E-state index is -3.62. The first kappa shape index (κ1) is 24.2. The summed E-state index contributed by atoms with van der Waals surface area (Å²) in [7, 11) is -3.62. The van der Waals surface area contributed by atoms with Gasteiger partial charge in [-0.2, -0.15) is 4.31 Å². The molecule has 1 aliphatic heterocycles. The van der Waals surface area contributed by atoms with Crippen molar-refractivity contribution in [3.05, 3.63) is 64.1 Å². The van der Waals surface area contributed by atoms with Crippen LogP contribution < -0.4 is 5.32 Å². The van der Waals surface area contributed by atoms with E-state index in [1.54, 1.807) is 18.2 Å². The van der Waals surface area contributed by atoms with Gasteiger partial charge >= 0.3 is 5.97 Å². The summed E-state index contributed by atoms with van der Waals surface area (Å²) in [6, 6.07) is 10.6. The molecule has 1 heterocycles. The molecule has 2 aromatic rings. The zero-order chi connectivity index (χ0) is 23.1. The Morgan fingerprint density at radius 2 is 1.75 bits per heavy atom. The molecular weight excluding hydrogens is 479 g/mol. The number of hydrogen-bond acceptors (Lipinski definition) is 6. The number of halogens is 2. The van der Waals surface area contributed by atoms with Crippen molar-refractivity contribution in [2.45, 2.75) is 4.90 Å². The number of morpholine rings is 1. The fraction of sp³-hybridized carbons (Fsp3) is 0.238. The van der Waals surface area contributed by atoms with Crippen LogP contribution in [0, 0.1) is 0 Å². The second-order valence-electron chi connectivity index (χ2n) is 6.70. The summed E-state index contributed by atoms with van der Waals surface area (Å²) >= 11 is 11.7. The molecule has 0 spiro atoms. The highest BCUT2D eigenvalue weighted by Gasteiger charge is 2.26. The second-order valence-corrected chi connectivity index (χ2v) is 9.46. The van der Waals surface area contributed by atoms with E-state index >= 15 is 0 Å². The summed E-state index contributed by atoms with van der Waals surface area (Å²) in [6.45, 7) is 0.805. The largest absolute Gasteiger partial charge is 0.452 e. The first-order chi connectivity index (χ1) is 15.3. The lowest BCUT2D eigenvalue weighted by Gasteiger charge is -2.26. The lowest BCUT2D eigenvalue weighted by Crippen LogP contribution is -2.40. The molecule has 8 nitrogen and oxygen atoms in total. The zero-order valence-corrected chi connectivity index (χ0v) is 19.1. The van der Waals surface area contributed by atoms with Gasteiger partial charge in [-0.25, -0.2) is 13.2 Å². The maximum atomic E-state index is 12.6. The van der Waals surface area contributed by atoms with Gasteiger partial charge in [-0.15, -0.1) is 0 Å². The van der Waals surface area contributed by atoms with Gasteiger partial charge in [-0.3, -0.25) is 4.79 Å². The Labute approximate surface area is 195 Å². The van der Waals surface area contributed by atoms with Crippen LogP contribution in [0.4, 0.5) is 5.69 Å². The average Bonchev–Trinajstić information content (AvgIpc) is 2.79. The highest BCUT2D eigenvalue weighted by atomic mass is 35.5. The van der Waals surface area contributed by atoms with Crippen molar-refractivity contribution in [3.8, 4) is 0 Å². The molecule has 0 atom stereocenters. The van der Waals surface area contributed by atoms with Crippen LogP contribution in [0.1, 0.15) is 5.56 Å². The molecule has 1 fully saturated rings. The smallest absolute Gasteiger partial charge is 0.331 e. The number of benzene rings is 2. The molecule has 0 saturated carbocycles. The third kappa shape index (κ3) is 6.54. The average molecular weight is 499 g/mol. The fourth-order valence-corrected chi connectivity index (χ4v) is 4.52. The van der Waals surface area contributed by atoms with Crippen molar-refractivity contribution in [1.29, 1.82) is 0 Å². The van der Waals surface area contributed by atoms with E-state index in [0.717, 1.165) is 6.08 Å². The third-order valence-corrected chi connectivity index (χ3v) is 7.10. The number of ether oxygens (including phenoxy) is 2. The van der Waals surface area contributed by atoms with Gasteiger partial charge in [0.15, 0.2) is 6.61 Å². The lowest BCUT2D eigenvalue weighted by molar-refractivity contribution is -0.142. The standard InChI is InChI=1S/C21H20Cl2N2O6S/c22-18-7-1-15(13-19(18)23)2-8-21(27)31-14-20(26)24-16-3-5-17(6-4-16)32(28,29)25-9-11-30-12-10-25/h1-8,13H,9-12,14H2,(H,24,26)/b8-2+. The number of carbonyl (C=O) groups is 2. The van der Waals surface area contributed by atoms with Gasteiger partial charge < -0.3 is 14.8 Å². The summed E-state index contributed by atoms with van der Waals surface area (Å²) in [6.07, 6.45) is 2.65. The molecule has 0 aliphatic carbocycles. The monoisotopic (exact) mass is 498 g/mol. The van der Waals surface area contributed by atoms with Gasteiger partial charge in [0, 0.05) is 24.9 Å². The first-order valence-corrected chi connectivity index (χ1v) is 11.7. The van der Waals surface area contributed by atoms with E-state index in [2.05, 4.69) is 5.32 Å². The maximum absolute atomic E-state index is 12.6. The number of hydrogen-bond donors (Lipinski definition) is 1. The van der Waals surface area contributed by atoms with Crippen LogP contribution in [-0.4, -0.2) is 57.5 Å². The van der Waals surface area contributed by atoms with Crippen molar-refractivity contribution < 1.29 is 27.5 Å². The molecule has 11 heteroatoms. The van der Waals surface area contributed by atoms with Gasteiger partial charge in [0.1, 0.15) is 0 Å². The molecule has 1 aliphatic rings. The van der Waals surface area contributed by atoms with Crippen LogP contribution in [0.5, 0.6) is 0 Å². The zero-order valence-electron chi connectivity index (χ0n) is 16.8. The normalized spacial score (nSPS) is 14.9. The molecule has 3 rings (SSSR count). The van der Waals surface area contributed by atoms with Crippen molar-refractivity contribution in [2.75, 3.05) is 38.2 Å². The Bertz CT molecular complexity index is 1110. The second kappa shape index (κ2) is 10.9. The number of amides is 1. The van der Waals surface area contributed by atoms with Crippen LogP contribution in [0.3, 0.4) is 0 Å². The van der Waals surface area contributed by atoms with Crippen molar-refractivity contribution in [3.63, 3.8) is 0 Å². The van der Waals surface area contributed by atoms with E-state index in [4.69, 9.17) is 32.7 Å². The van der Waals surface area contributed by atoms with Crippen molar-refractivity contribution >= 4 is 56.9 Å². The van der Waals surface area contributed by atoms with Gasteiger partial charge in [-0.1, -0.05) is 29.3 Å². The van der Waals surface area contributed by atoms with E-state index in [9.17, 15) is 18.0 Å². The Balaban J connectivity index is 1.49. The molecule has 2 aromatic carbocycles. The molecule has 1 N–H and O–H groups in total. The van der Waals surface area contributed by atoms with Gasteiger partial charge in [0.05, 0.1) is 28.2 Å². The SMILES string of the molecule is O=C(COC(=O)/C=C/c1ccc(Cl)c(Cl)c1)Nc1ccc(S(=O)(=O)N2CCOCC2)cc1. The molecule has 1 amide bonds. The number of carbonyl (C=O) groups excluding carboxylic acids is 2. The van der Waals surface area contributed by atoms with Gasteiger partial charge in [0.2, 0.25) is 10.0 Å². The van der Waals surface area contributed by atoms with Crippen LogP contribution in [0.2, 0.25) is 10.0 Å². The number of sulfonamides is 1. The number of nitrogens with one attached hydrogen (secondary N) is 1. The maximum Gasteiger partial charge on any atom is 0.331 e. The molecular formula is C21H20Cl2N2O6S. The lowest BCUT2D eigenvalue weighted by atomic mass is 10.2. The van der Waals surface area contributed by atoms with Crippen molar-refractivity contribution in [2.24, 2.45) is 0 Å². The summed E-state index contributed by atoms with van der Waals surface area (Å²) < 4.78 is 36.6. The van der Waals surface area contributed by atoms with Crippen molar-refractivity contribution in [1.82, 2.24) is 4.31 Å². The van der Waals surface area contributed by atoms with E-state index in [-0.39, 0.29) is 4.90 Å². The van der Waals surface area contributed by atoms with E-state index in [1.165, 1.54) is 34.6 Å². The molecule has 1 saturated heterocycles. The Kier molecular flexibility index (Phi) is 8.27.